The van der Waals surface area contributed by atoms with Gasteiger partial charge in [0.1, 0.15) is 11.6 Å². The molecule has 0 heterocycles. The Balaban J connectivity index is 0. The highest BCUT2D eigenvalue weighted by Crippen LogP contribution is 1.86. The van der Waals surface area contributed by atoms with Gasteiger partial charge in [0.15, 0.2) is 0 Å². The van der Waals surface area contributed by atoms with Gasteiger partial charge in [-0.15, -0.1) is 0 Å². The van der Waals surface area contributed by atoms with Gasteiger partial charge in [-0.2, -0.15) is 0 Å². The van der Waals surface area contributed by atoms with Crippen LogP contribution in [0.5, 0.6) is 0 Å². The van der Waals surface area contributed by atoms with Gasteiger partial charge in [-0.25, -0.2) is 0 Å². The highest BCUT2D eigenvalue weighted by molar-refractivity contribution is 5.75. The average molecular weight is 204 g/mol. The monoisotopic (exact) mass is 204 g/mol. The van der Waals surface area contributed by atoms with E-state index < -0.39 is 0 Å². The molecule has 0 aromatic heterocycles. The van der Waals surface area contributed by atoms with E-state index >= 15 is 0 Å². The summed E-state index contributed by atoms with van der Waals surface area (Å²) in [6.45, 7) is 3.30. The third-order valence-electron chi connectivity index (χ3n) is 1.37. The predicted octanol–water partition coefficient (Wildman–Crippen LogP) is 0.696. The normalized spacial score (nSPS) is 8.86. The molecule has 0 unspecified atom stereocenters. The third kappa shape index (κ3) is 22.5. The molecule has 2 N–H and O–H groups in total. The maximum absolute atomic E-state index is 10.1. The molecule has 84 valence electrons. The molecule has 4 heteroatoms. The summed E-state index contributed by atoms with van der Waals surface area (Å²) in [7, 11) is 0. The van der Waals surface area contributed by atoms with Crippen molar-refractivity contribution in [1.29, 1.82) is 0 Å². The van der Waals surface area contributed by atoms with Crippen LogP contribution in [0.2, 0.25) is 0 Å². The second kappa shape index (κ2) is 12.3. The van der Waals surface area contributed by atoms with E-state index in [1.165, 1.54) is 13.8 Å². The largest absolute Gasteiger partial charge is 0.396 e. The zero-order valence-electron chi connectivity index (χ0n) is 8.95. The van der Waals surface area contributed by atoms with Crippen LogP contribution in [-0.4, -0.2) is 35.0 Å². The van der Waals surface area contributed by atoms with Crippen molar-refractivity contribution in [2.75, 3.05) is 13.2 Å². The van der Waals surface area contributed by atoms with Crippen molar-refractivity contribution in [1.82, 2.24) is 0 Å². The highest BCUT2D eigenvalue weighted by atomic mass is 16.3. The first-order valence-electron chi connectivity index (χ1n) is 4.75. The molecule has 0 aromatic carbocycles. The lowest BCUT2D eigenvalue weighted by atomic mass is 10.2. The van der Waals surface area contributed by atoms with E-state index in [0.717, 1.165) is 0 Å². The van der Waals surface area contributed by atoms with E-state index in [9.17, 15) is 9.59 Å². The third-order valence-corrected chi connectivity index (χ3v) is 1.37. The summed E-state index contributed by atoms with van der Waals surface area (Å²) in [5.74, 6) is 0.295. The molecule has 0 amide bonds. The Labute approximate surface area is 84.9 Å². The molecule has 0 fully saturated rings. The quantitative estimate of drug-likeness (QED) is 0.667. The predicted molar refractivity (Wildman–Crippen MR) is 54.0 cm³/mol. The van der Waals surface area contributed by atoms with Crippen LogP contribution in [0.4, 0.5) is 0 Å². The van der Waals surface area contributed by atoms with Crippen molar-refractivity contribution in [3.05, 3.63) is 0 Å². The van der Waals surface area contributed by atoms with E-state index in [1.54, 1.807) is 0 Å². The van der Waals surface area contributed by atoms with E-state index in [0.29, 0.717) is 25.7 Å². The molecule has 0 bridgehead atoms. The van der Waals surface area contributed by atoms with E-state index in [2.05, 4.69) is 0 Å². The lowest BCUT2D eigenvalue weighted by Crippen LogP contribution is -1.91. The fraction of sp³-hybridized carbons (Fsp3) is 0.800. The minimum atomic E-state index is 0.125. The number of carbonyl (C=O) groups excluding carboxylic acids is 2. The Morgan fingerprint density at radius 3 is 1.21 bits per heavy atom. The number of ketones is 2. The maximum atomic E-state index is 10.1. The molecule has 0 atom stereocenters. The smallest absolute Gasteiger partial charge is 0.129 e. The highest BCUT2D eigenvalue weighted by Gasteiger charge is 1.88. The van der Waals surface area contributed by atoms with Crippen LogP contribution in [0.15, 0.2) is 0 Å². The fourth-order valence-corrected chi connectivity index (χ4v) is 0.656. The van der Waals surface area contributed by atoms with Crippen molar-refractivity contribution >= 4 is 11.6 Å². The molecule has 0 radical (unpaired) electrons. The molecule has 0 aliphatic carbocycles. The fourth-order valence-electron chi connectivity index (χ4n) is 0.656. The summed E-state index contributed by atoms with van der Waals surface area (Å²) in [6, 6.07) is 0. The summed E-state index contributed by atoms with van der Waals surface area (Å²) in [5, 5.41) is 16.3. The first kappa shape index (κ1) is 15.7. The Morgan fingerprint density at radius 1 is 0.857 bits per heavy atom. The summed E-state index contributed by atoms with van der Waals surface area (Å²) in [5.41, 5.74) is 0. The average Bonchev–Trinajstić information content (AvgIpc) is 2.12. The number of carbonyl (C=O) groups is 2. The summed E-state index contributed by atoms with van der Waals surface area (Å²) >= 11 is 0. The van der Waals surface area contributed by atoms with Crippen LogP contribution in [0.1, 0.15) is 39.5 Å². The van der Waals surface area contributed by atoms with E-state index in [1.807, 2.05) is 0 Å². The van der Waals surface area contributed by atoms with Crippen LogP contribution in [0, 0.1) is 0 Å². The van der Waals surface area contributed by atoms with Gasteiger partial charge in [0.25, 0.3) is 0 Å². The Bertz CT molecular complexity index is 136. The number of aliphatic hydroxyl groups excluding tert-OH is 2. The molecule has 0 aliphatic heterocycles. The van der Waals surface area contributed by atoms with Crippen molar-refractivity contribution in [3.8, 4) is 0 Å². The lowest BCUT2D eigenvalue weighted by Gasteiger charge is -1.86. The van der Waals surface area contributed by atoms with Gasteiger partial charge in [-0.3, -0.25) is 0 Å². The summed E-state index contributed by atoms with van der Waals surface area (Å²) in [4.78, 5) is 20.2. The van der Waals surface area contributed by atoms with Gasteiger partial charge in [0.05, 0.1) is 0 Å². The van der Waals surface area contributed by atoms with Gasteiger partial charge < -0.3 is 19.8 Å². The molecular weight excluding hydrogens is 184 g/mol. The number of Topliss-reactive ketones (excluding diaryl/α,β-unsaturated/α-hetero) is 2. The van der Waals surface area contributed by atoms with Crippen molar-refractivity contribution < 1.29 is 19.8 Å². The first-order chi connectivity index (χ1) is 6.54. The van der Waals surface area contributed by atoms with E-state index in [4.69, 9.17) is 10.2 Å². The number of hydrogen-bond acceptors (Lipinski definition) is 4. The lowest BCUT2D eigenvalue weighted by molar-refractivity contribution is -0.118. The van der Waals surface area contributed by atoms with Gasteiger partial charge >= 0.3 is 0 Å². The Kier molecular flexibility index (Phi) is 13.8. The molecule has 0 saturated heterocycles. The van der Waals surface area contributed by atoms with E-state index in [-0.39, 0.29) is 24.8 Å². The Morgan fingerprint density at radius 2 is 1.14 bits per heavy atom. The SMILES string of the molecule is CC(=O)CCCO.CC(=O)CCCO. The van der Waals surface area contributed by atoms with Gasteiger partial charge in [-0.1, -0.05) is 0 Å². The number of rotatable bonds is 6. The molecule has 0 aromatic rings. The van der Waals surface area contributed by atoms with Crippen molar-refractivity contribution in [3.63, 3.8) is 0 Å². The van der Waals surface area contributed by atoms with Crippen LogP contribution in [0.3, 0.4) is 0 Å². The van der Waals surface area contributed by atoms with Crippen LogP contribution in [0.25, 0.3) is 0 Å². The van der Waals surface area contributed by atoms with Crippen LogP contribution < -0.4 is 0 Å². The molecule has 14 heavy (non-hydrogen) atoms. The minimum absolute atomic E-state index is 0.125. The van der Waals surface area contributed by atoms with Crippen LogP contribution >= 0.6 is 0 Å². The standard InChI is InChI=1S/2C5H10O2/c2*1-5(7)3-2-4-6/h2*6H,2-4H2,1H3. The number of aliphatic hydroxyl groups is 2. The molecule has 4 nitrogen and oxygen atoms in total. The maximum Gasteiger partial charge on any atom is 0.129 e. The molecule has 0 saturated carbocycles. The zero-order chi connectivity index (χ0) is 11.4. The van der Waals surface area contributed by atoms with Crippen LogP contribution in [-0.2, 0) is 9.59 Å². The number of hydrogen-bond donors (Lipinski definition) is 2. The Hall–Kier alpha value is -0.740. The van der Waals surface area contributed by atoms with Gasteiger partial charge in [0, 0.05) is 26.1 Å². The summed E-state index contributed by atoms with van der Waals surface area (Å²) < 4.78 is 0. The topological polar surface area (TPSA) is 74.6 Å². The zero-order valence-corrected chi connectivity index (χ0v) is 8.95. The second-order valence-corrected chi connectivity index (χ2v) is 3.06. The minimum Gasteiger partial charge on any atom is -0.396 e. The van der Waals surface area contributed by atoms with Gasteiger partial charge in [0.2, 0.25) is 0 Å². The van der Waals surface area contributed by atoms with Crippen molar-refractivity contribution in [2.45, 2.75) is 39.5 Å². The molecule has 0 rings (SSSR count). The second-order valence-electron chi connectivity index (χ2n) is 3.06. The van der Waals surface area contributed by atoms with Crippen molar-refractivity contribution in [2.24, 2.45) is 0 Å². The molecule has 0 spiro atoms. The van der Waals surface area contributed by atoms with Gasteiger partial charge in [-0.05, 0) is 26.7 Å². The molecular formula is C10H20O4. The molecule has 0 aliphatic rings. The summed E-state index contributed by atoms with van der Waals surface area (Å²) in [6.07, 6.45) is 2.23. The first-order valence-corrected chi connectivity index (χ1v) is 4.75.